The van der Waals surface area contributed by atoms with Gasteiger partial charge in [-0.2, -0.15) is 0 Å². The Hall–Kier alpha value is -1.35. The van der Waals surface area contributed by atoms with Gasteiger partial charge in [-0.05, 0) is 18.4 Å². The van der Waals surface area contributed by atoms with Crippen LogP contribution in [-0.2, 0) is 9.53 Å². The van der Waals surface area contributed by atoms with Crippen molar-refractivity contribution in [3.8, 4) is 0 Å². The van der Waals surface area contributed by atoms with Crippen molar-refractivity contribution in [1.29, 1.82) is 0 Å². The normalized spacial score (nSPS) is 28.7. The molecule has 92 valence electrons. The molecule has 17 heavy (non-hydrogen) atoms. The van der Waals surface area contributed by atoms with Gasteiger partial charge < -0.3 is 10.5 Å². The minimum atomic E-state index is -0.853. The van der Waals surface area contributed by atoms with Gasteiger partial charge in [0.15, 0.2) is 0 Å². The van der Waals surface area contributed by atoms with E-state index in [4.69, 9.17) is 10.5 Å². The van der Waals surface area contributed by atoms with Crippen LogP contribution < -0.4 is 5.73 Å². The first-order chi connectivity index (χ1) is 8.18. The molecule has 0 bridgehead atoms. The van der Waals surface area contributed by atoms with Gasteiger partial charge in [0.25, 0.3) is 0 Å². The summed E-state index contributed by atoms with van der Waals surface area (Å²) in [6.07, 6.45) is 3.78. The van der Waals surface area contributed by atoms with E-state index in [2.05, 4.69) is 0 Å². The minimum Gasteiger partial charge on any atom is -0.468 e. The summed E-state index contributed by atoms with van der Waals surface area (Å²) in [5, 5.41) is 0. The number of esters is 1. The van der Waals surface area contributed by atoms with Crippen LogP contribution in [0, 0.1) is 0 Å². The van der Waals surface area contributed by atoms with E-state index in [1.54, 1.807) is 0 Å². The molecule has 0 saturated heterocycles. The molecule has 0 spiro atoms. The molecule has 0 amide bonds. The molecule has 3 nitrogen and oxygen atoms in total. The summed E-state index contributed by atoms with van der Waals surface area (Å²) in [5.41, 5.74) is 6.60. The molecule has 2 atom stereocenters. The SMILES string of the molecule is COC(=O)[C@@]1(N)CCCC[C@@H]1c1ccccc1. The second kappa shape index (κ2) is 4.88. The minimum absolute atomic E-state index is 0.0740. The molecule has 1 aliphatic carbocycles. The molecule has 3 heteroatoms. The van der Waals surface area contributed by atoms with Crippen molar-refractivity contribution in [3.63, 3.8) is 0 Å². The molecule has 2 N–H and O–H groups in total. The van der Waals surface area contributed by atoms with Crippen molar-refractivity contribution in [3.05, 3.63) is 35.9 Å². The number of benzene rings is 1. The number of hydrogen-bond donors (Lipinski definition) is 1. The Morgan fingerprint density at radius 2 is 2.06 bits per heavy atom. The summed E-state index contributed by atoms with van der Waals surface area (Å²) in [4.78, 5) is 11.9. The fourth-order valence-electron chi connectivity index (χ4n) is 2.78. The van der Waals surface area contributed by atoms with Crippen LogP contribution >= 0.6 is 0 Å². The monoisotopic (exact) mass is 233 g/mol. The van der Waals surface area contributed by atoms with E-state index in [1.165, 1.54) is 7.11 Å². The molecule has 0 aliphatic heterocycles. The van der Waals surface area contributed by atoms with E-state index in [1.807, 2.05) is 30.3 Å². The number of ether oxygens (including phenoxy) is 1. The Balaban J connectivity index is 2.33. The van der Waals surface area contributed by atoms with Crippen LogP contribution in [0.25, 0.3) is 0 Å². The predicted molar refractivity (Wildman–Crippen MR) is 66.6 cm³/mol. The second-order valence-electron chi connectivity index (χ2n) is 4.74. The highest BCUT2D eigenvalue weighted by Crippen LogP contribution is 2.39. The van der Waals surface area contributed by atoms with E-state index in [0.717, 1.165) is 24.8 Å². The van der Waals surface area contributed by atoms with Crippen LogP contribution in [0.2, 0.25) is 0 Å². The third kappa shape index (κ3) is 2.20. The molecule has 1 aromatic carbocycles. The van der Waals surface area contributed by atoms with Gasteiger partial charge in [-0.3, -0.25) is 4.79 Å². The summed E-state index contributed by atoms with van der Waals surface area (Å²) in [7, 11) is 1.41. The Bertz CT molecular complexity index is 390. The van der Waals surface area contributed by atoms with Gasteiger partial charge in [0.1, 0.15) is 5.54 Å². The molecular formula is C14H19NO2. The zero-order valence-electron chi connectivity index (χ0n) is 10.2. The lowest BCUT2D eigenvalue weighted by Gasteiger charge is -2.38. The van der Waals surface area contributed by atoms with Gasteiger partial charge in [-0.1, -0.05) is 43.2 Å². The second-order valence-corrected chi connectivity index (χ2v) is 4.74. The lowest BCUT2D eigenvalue weighted by Crippen LogP contribution is -2.55. The smallest absolute Gasteiger partial charge is 0.326 e. The molecule has 1 aliphatic rings. The van der Waals surface area contributed by atoms with Gasteiger partial charge >= 0.3 is 5.97 Å². The van der Waals surface area contributed by atoms with Crippen LogP contribution in [0.1, 0.15) is 37.2 Å². The number of nitrogens with two attached hydrogens (primary N) is 1. The van der Waals surface area contributed by atoms with Crippen LogP contribution in [0.15, 0.2) is 30.3 Å². The third-order valence-corrected chi connectivity index (χ3v) is 3.72. The topological polar surface area (TPSA) is 52.3 Å². The molecule has 1 aromatic rings. The summed E-state index contributed by atoms with van der Waals surface area (Å²) in [6.45, 7) is 0. The number of hydrogen-bond acceptors (Lipinski definition) is 3. The van der Waals surface area contributed by atoms with Crippen LogP contribution in [0.5, 0.6) is 0 Å². The van der Waals surface area contributed by atoms with E-state index < -0.39 is 5.54 Å². The van der Waals surface area contributed by atoms with Gasteiger partial charge in [-0.25, -0.2) is 0 Å². The molecule has 2 rings (SSSR count). The predicted octanol–water partition coefficient (Wildman–Crippen LogP) is 2.21. The molecule has 1 fully saturated rings. The highest BCUT2D eigenvalue weighted by atomic mass is 16.5. The molecule has 0 aromatic heterocycles. The maximum Gasteiger partial charge on any atom is 0.326 e. The number of carbonyl (C=O) groups is 1. The summed E-state index contributed by atoms with van der Waals surface area (Å²) >= 11 is 0. The molecule has 0 heterocycles. The van der Waals surface area contributed by atoms with E-state index in [-0.39, 0.29) is 11.9 Å². The Morgan fingerprint density at radius 1 is 1.35 bits per heavy atom. The van der Waals surface area contributed by atoms with Crippen molar-refractivity contribution in [2.75, 3.05) is 7.11 Å². The van der Waals surface area contributed by atoms with Gasteiger partial charge in [0.2, 0.25) is 0 Å². The van der Waals surface area contributed by atoms with Crippen molar-refractivity contribution in [2.45, 2.75) is 37.1 Å². The van der Waals surface area contributed by atoms with Gasteiger partial charge in [0.05, 0.1) is 7.11 Å². The van der Waals surface area contributed by atoms with Crippen LogP contribution in [-0.4, -0.2) is 18.6 Å². The Morgan fingerprint density at radius 3 is 2.71 bits per heavy atom. The molecule has 0 radical (unpaired) electrons. The Kier molecular flexibility index (Phi) is 3.48. The zero-order chi connectivity index (χ0) is 12.3. The van der Waals surface area contributed by atoms with Crippen molar-refractivity contribution < 1.29 is 9.53 Å². The van der Waals surface area contributed by atoms with E-state index >= 15 is 0 Å². The fraction of sp³-hybridized carbons (Fsp3) is 0.500. The first-order valence-electron chi connectivity index (χ1n) is 6.11. The number of rotatable bonds is 2. The summed E-state index contributed by atoms with van der Waals surface area (Å²) < 4.78 is 4.88. The summed E-state index contributed by atoms with van der Waals surface area (Å²) in [6, 6.07) is 10.0. The molecular weight excluding hydrogens is 214 g/mol. The highest BCUT2D eigenvalue weighted by molar-refractivity contribution is 5.82. The quantitative estimate of drug-likeness (QED) is 0.797. The zero-order valence-corrected chi connectivity index (χ0v) is 10.2. The number of methoxy groups -OCH3 is 1. The fourth-order valence-corrected chi connectivity index (χ4v) is 2.78. The lowest BCUT2D eigenvalue weighted by atomic mass is 9.70. The average molecular weight is 233 g/mol. The van der Waals surface area contributed by atoms with E-state index in [9.17, 15) is 4.79 Å². The molecule has 0 unspecified atom stereocenters. The number of carbonyl (C=O) groups excluding carboxylic acids is 1. The van der Waals surface area contributed by atoms with Crippen LogP contribution in [0.4, 0.5) is 0 Å². The lowest BCUT2D eigenvalue weighted by molar-refractivity contribution is -0.149. The van der Waals surface area contributed by atoms with Crippen molar-refractivity contribution in [2.24, 2.45) is 5.73 Å². The maximum absolute atomic E-state index is 11.9. The third-order valence-electron chi connectivity index (χ3n) is 3.72. The standard InChI is InChI=1S/C14H19NO2/c1-17-13(16)14(15)10-6-5-9-12(14)11-7-3-2-4-8-11/h2-4,7-8,12H,5-6,9-10,15H2,1H3/t12-,14-/m1/s1. The largest absolute Gasteiger partial charge is 0.468 e. The first-order valence-corrected chi connectivity index (χ1v) is 6.11. The highest BCUT2D eigenvalue weighted by Gasteiger charge is 2.45. The van der Waals surface area contributed by atoms with Crippen molar-refractivity contribution >= 4 is 5.97 Å². The van der Waals surface area contributed by atoms with Gasteiger partial charge in [0, 0.05) is 5.92 Å². The maximum atomic E-state index is 11.9. The van der Waals surface area contributed by atoms with Crippen LogP contribution in [0.3, 0.4) is 0 Å². The van der Waals surface area contributed by atoms with E-state index in [0.29, 0.717) is 6.42 Å². The summed E-state index contributed by atoms with van der Waals surface area (Å²) in [5.74, 6) is -0.212. The average Bonchev–Trinajstić information content (AvgIpc) is 2.39. The Labute approximate surface area is 102 Å². The molecule has 1 saturated carbocycles. The van der Waals surface area contributed by atoms with Crippen molar-refractivity contribution in [1.82, 2.24) is 0 Å². The first kappa shape index (κ1) is 12.1. The van der Waals surface area contributed by atoms with Gasteiger partial charge in [-0.15, -0.1) is 0 Å².